The van der Waals surface area contributed by atoms with Gasteiger partial charge in [0.25, 0.3) is 0 Å². The predicted molar refractivity (Wildman–Crippen MR) is 115 cm³/mol. The number of rotatable bonds is 6. The van der Waals surface area contributed by atoms with Crippen LogP contribution in [0.25, 0.3) is 0 Å². The highest BCUT2D eigenvalue weighted by molar-refractivity contribution is 5.82. The summed E-state index contributed by atoms with van der Waals surface area (Å²) >= 11 is 0. The maximum absolute atomic E-state index is 12.6. The van der Waals surface area contributed by atoms with Gasteiger partial charge in [-0.2, -0.15) is 13.2 Å². The zero-order valence-electron chi connectivity index (χ0n) is 17.3. The summed E-state index contributed by atoms with van der Waals surface area (Å²) < 4.78 is 37.9. The Morgan fingerprint density at radius 1 is 1.06 bits per heavy atom. The van der Waals surface area contributed by atoms with Gasteiger partial charge in [-0.1, -0.05) is 24.3 Å². The Hall–Kier alpha value is -3.23. The van der Waals surface area contributed by atoms with Gasteiger partial charge in [-0.05, 0) is 41.8 Å². The van der Waals surface area contributed by atoms with E-state index < -0.39 is 11.7 Å². The molecule has 1 amide bonds. The van der Waals surface area contributed by atoms with Crippen LogP contribution in [0.4, 0.5) is 18.9 Å². The third-order valence-corrected chi connectivity index (χ3v) is 5.01. The Kier molecular flexibility index (Phi) is 7.38. The van der Waals surface area contributed by atoms with E-state index >= 15 is 0 Å². The SMILES string of the molecule is CN=C(NCCc1ccc(C(F)(F)F)cc1)NCc1ccc(N2CCNC(=O)C2)cc1. The highest BCUT2D eigenvalue weighted by atomic mass is 19.4. The summed E-state index contributed by atoms with van der Waals surface area (Å²) in [5.41, 5.74) is 2.25. The van der Waals surface area contributed by atoms with Gasteiger partial charge >= 0.3 is 6.18 Å². The highest BCUT2D eigenvalue weighted by Gasteiger charge is 2.29. The lowest BCUT2D eigenvalue weighted by Crippen LogP contribution is -2.47. The lowest BCUT2D eigenvalue weighted by atomic mass is 10.1. The second-order valence-corrected chi connectivity index (χ2v) is 7.24. The Balaban J connectivity index is 1.43. The van der Waals surface area contributed by atoms with Crippen molar-refractivity contribution in [3.63, 3.8) is 0 Å². The quantitative estimate of drug-likeness (QED) is 0.484. The van der Waals surface area contributed by atoms with Crippen LogP contribution in [-0.4, -0.2) is 45.1 Å². The number of nitrogens with one attached hydrogen (secondary N) is 3. The molecule has 1 fully saturated rings. The molecule has 166 valence electrons. The van der Waals surface area contributed by atoms with Crippen molar-refractivity contribution in [3.8, 4) is 0 Å². The minimum absolute atomic E-state index is 0.0307. The number of alkyl halides is 3. The molecule has 0 spiro atoms. The number of amides is 1. The first-order valence-corrected chi connectivity index (χ1v) is 10.1. The molecule has 0 unspecified atom stereocenters. The fourth-order valence-electron chi connectivity index (χ4n) is 3.28. The van der Waals surface area contributed by atoms with Gasteiger partial charge in [0.2, 0.25) is 5.91 Å². The van der Waals surface area contributed by atoms with Crippen molar-refractivity contribution in [2.24, 2.45) is 4.99 Å². The van der Waals surface area contributed by atoms with E-state index in [4.69, 9.17) is 0 Å². The van der Waals surface area contributed by atoms with Crippen LogP contribution in [-0.2, 0) is 23.9 Å². The molecule has 0 bridgehead atoms. The van der Waals surface area contributed by atoms with Crippen LogP contribution in [0.15, 0.2) is 53.5 Å². The summed E-state index contributed by atoms with van der Waals surface area (Å²) in [5.74, 6) is 0.645. The molecule has 2 aromatic carbocycles. The Morgan fingerprint density at radius 2 is 1.74 bits per heavy atom. The van der Waals surface area contributed by atoms with Gasteiger partial charge in [-0.25, -0.2) is 0 Å². The molecule has 31 heavy (non-hydrogen) atoms. The van der Waals surface area contributed by atoms with Crippen LogP contribution in [0.1, 0.15) is 16.7 Å². The highest BCUT2D eigenvalue weighted by Crippen LogP contribution is 2.29. The Bertz CT molecular complexity index is 895. The summed E-state index contributed by atoms with van der Waals surface area (Å²) in [6.45, 7) is 2.92. The van der Waals surface area contributed by atoms with Gasteiger partial charge in [0.05, 0.1) is 12.1 Å². The molecule has 0 saturated carbocycles. The first-order valence-electron chi connectivity index (χ1n) is 10.1. The van der Waals surface area contributed by atoms with Crippen LogP contribution in [0.3, 0.4) is 0 Å². The van der Waals surface area contributed by atoms with Crippen molar-refractivity contribution in [1.82, 2.24) is 16.0 Å². The molecule has 1 aliphatic rings. The fourth-order valence-corrected chi connectivity index (χ4v) is 3.28. The molecule has 9 heteroatoms. The fraction of sp³-hybridized carbons (Fsp3) is 0.364. The number of piperazine rings is 1. The predicted octanol–water partition coefficient (Wildman–Crippen LogP) is 2.55. The average Bonchev–Trinajstić information content (AvgIpc) is 2.76. The van der Waals surface area contributed by atoms with Crippen molar-refractivity contribution < 1.29 is 18.0 Å². The van der Waals surface area contributed by atoms with Gasteiger partial charge in [-0.15, -0.1) is 0 Å². The molecule has 0 aromatic heterocycles. The third kappa shape index (κ3) is 6.63. The molecule has 0 atom stereocenters. The number of halogens is 3. The number of hydrogen-bond donors (Lipinski definition) is 3. The van der Waals surface area contributed by atoms with Crippen LogP contribution < -0.4 is 20.9 Å². The molecular formula is C22H26F3N5O. The van der Waals surface area contributed by atoms with Gasteiger partial charge < -0.3 is 20.9 Å². The molecule has 0 aliphatic carbocycles. The maximum atomic E-state index is 12.6. The maximum Gasteiger partial charge on any atom is 0.416 e. The number of carbonyl (C=O) groups is 1. The van der Waals surface area contributed by atoms with Crippen molar-refractivity contribution in [1.29, 1.82) is 0 Å². The van der Waals surface area contributed by atoms with Gasteiger partial charge in [0.1, 0.15) is 0 Å². The molecule has 3 rings (SSSR count). The zero-order valence-corrected chi connectivity index (χ0v) is 17.3. The van der Waals surface area contributed by atoms with Crippen molar-refractivity contribution in [2.75, 3.05) is 38.1 Å². The van der Waals surface area contributed by atoms with E-state index in [1.807, 2.05) is 29.2 Å². The first-order chi connectivity index (χ1) is 14.8. The lowest BCUT2D eigenvalue weighted by Gasteiger charge is -2.28. The Morgan fingerprint density at radius 3 is 2.35 bits per heavy atom. The van der Waals surface area contributed by atoms with E-state index in [-0.39, 0.29) is 5.91 Å². The summed E-state index contributed by atoms with van der Waals surface area (Å²) in [7, 11) is 1.66. The number of anilines is 1. The van der Waals surface area contributed by atoms with Crippen LogP contribution >= 0.6 is 0 Å². The molecule has 6 nitrogen and oxygen atoms in total. The van der Waals surface area contributed by atoms with E-state index in [1.165, 1.54) is 12.1 Å². The topological polar surface area (TPSA) is 68.8 Å². The summed E-state index contributed by atoms with van der Waals surface area (Å²) in [6.07, 6.45) is -3.74. The minimum atomic E-state index is -4.32. The molecule has 3 N–H and O–H groups in total. The lowest BCUT2D eigenvalue weighted by molar-refractivity contribution is -0.137. The molecule has 0 radical (unpaired) electrons. The smallest absolute Gasteiger partial charge is 0.360 e. The van der Waals surface area contributed by atoms with Crippen molar-refractivity contribution >= 4 is 17.6 Å². The number of hydrogen-bond acceptors (Lipinski definition) is 3. The van der Waals surface area contributed by atoms with Gasteiger partial charge in [-0.3, -0.25) is 9.79 Å². The first kappa shape index (κ1) is 22.5. The van der Waals surface area contributed by atoms with Crippen LogP contribution in [0, 0.1) is 0 Å². The largest absolute Gasteiger partial charge is 0.416 e. The van der Waals surface area contributed by atoms with Gasteiger partial charge in [0.15, 0.2) is 5.96 Å². The van der Waals surface area contributed by atoms with Crippen LogP contribution in [0.2, 0.25) is 0 Å². The van der Waals surface area contributed by atoms with E-state index in [1.54, 1.807) is 7.05 Å². The van der Waals surface area contributed by atoms with E-state index in [0.717, 1.165) is 35.5 Å². The summed E-state index contributed by atoms with van der Waals surface area (Å²) in [6, 6.07) is 13.2. The summed E-state index contributed by atoms with van der Waals surface area (Å²) in [5, 5.41) is 9.20. The second kappa shape index (κ2) is 10.2. The second-order valence-electron chi connectivity index (χ2n) is 7.24. The van der Waals surface area contributed by atoms with Crippen LogP contribution in [0.5, 0.6) is 0 Å². The molecule has 2 aromatic rings. The minimum Gasteiger partial charge on any atom is -0.360 e. The normalized spacial score (nSPS) is 14.9. The zero-order chi connectivity index (χ0) is 22.3. The van der Waals surface area contributed by atoms with Crippen molar-refractivity contribution in [2.45, 2.75) is 19.1 Å². The van der Waals surface area contributed by atoms with E-state index in [0.29, 0.717) is 38.6 Å². The molecule has 1 aliphatic heterocycles. The standard InChI is InChI=1S/C22H26F3N5O/c1-26-21(28-11-10-16-2-6-18(7-3-16)22(23,24)25)29-14-17-4-8-19(9-5-17)30-13-12-27-20(31)15-30/h2-9H,10-15H2,1H3,(H,27,31)(H2,26,28,29). The third-order valence-electron chi connectivity index (χ3n) is 5.01. The summed E-state index contributed by atoms with van der Waals surface area (Å²) in [4.78, 5) is 17.7. The number of nitrogens with zero attached hydrogens (tertiary/aromatic N) is 2. The van der Waals surface area contributed by atoms with E-state index in [9.17, 15) is 18.0 Å². The molecule has 1 saturated heterocycles. The number of benzene rings is 2. The number of carbonyl (C=O) groups excluding carboxylic acids is 1. The number of guanidine groups is 1. The monoisotopic (exact) mass is 433 g/mol. The van der Waals surface area contributed by atoms with E-state index in [2.05, 4.69) is 20.9 Å². The average molecular weight is 433 g/mol. The van der Waals surface area contributed by atoms with Crippen molar-refractivity contribution in [3.05, 3.63) is 65.2 Å². The number of aliphatic imine (C=N–C) groups is 1. The molecule has 1 heterocycles. The molecular weight excluding hydrogens is 407 g/mol. The van der Waals surface area contributed by atoms with Gasteiger partial charge in [0, 0.05) is 38.9 Å². The Labute approximate surface area is 179 Å².